The van der Waals surface area contributed by atoms with Gasteiger partial charge in [0.25, 0.3) is 0 Å². The Morgan fingerprint density at radius 2 is 1.79 bits per heavy atom. The molecule has 2 aromatic rings. The van der Waals surface area contributed by atoms with Gasteiger partial charge in [-0.2, -0.15) is 5.26 Å². The third kappa shape index (κ3) is 3.24. The summed E-state index contributed by atoms with van der Waals surface area (Å²) in [6.07, 6.45) is 2.58. The van der Waals surface area contributed by atoms with Gasteiger partial charge in [0.2, 0.25) is 0 Å². The summed E-state index contributed by atoms with van der Waals surface area (Å²) in [4.78, 5) is 7.01. The number of nitrogens with one attached hydrogen (secondary N) is 1. The fourth-order valence-electron chi connectivity index (χ4n) is 2.94. The van der Waals surface area contributed by atoms with Crippen molar-refractivity contribution < 1.29 is 8.78 Å². The SMILES string of the molecule is N#Cc1c(N2CCCN(c3ccc(F)c(F)c3)CC2)cc[nH]c1=S. The average molecular weight is 346 g/mol. The Kier molecular flexibility index (Phi) is 4.76. The van der Waals surface area contributed by atoms with Crippen LogP contribution in [0.15, 0.2) is 30.5 Å². The van der Waals surface area contributed by atoms with Gasteiger partial charge in [0.1, 0.15) is 16.3 Å². The highest BCUT2D eigenvalue weighted by Gasteiger charge is 2.19. The molecule has 1 aromatic heterocycles. The number of halogens is 2. The fraction of sp³-hybridized carbons (Fsp3) is 0.294. The summed E-state index contributed by atoms with van der Waals surface area (Å²) in [7, 11) is 0. The maximum atomic E-state index is 13.5. The second-order valence-electron chi connectivity index (χ2n) is 5.60. The average Bonchev–Trinajstić information content (AvgIpc) is 2.83. The summed E-state index contributed by atoms with van der Waals surface area (Å²) >= 11 is 5.18. The van der Waals surface area contributed by atoms with E-state index in [1.165, 1.54) is 6.07 Å². The van der Waals surface area contributed by atoms with E-state index in [1.807, 2.05) is 11.0 Å². The highest BCUT2D eigenvalue weighted by molar-refractivity contribution is 7.71. The van der Waals surface area contributed by atoms with Gasteiger partial charge >= 0.3 is 0 Å². The number of aromatic nitrogens is 1. The lowest BCUT2D eigenvalue weighted by atomic mass is 10.2. The van der Waals surface area contributed by atoms with E-state index in [4.69, 9.17) is 12.2 Å². The van der Waals surface area contributed by atoms with Crippen LogP contribution in [0.25, 0.3) is 0 Å². The molecule has 4 nitrogen and oxygen atoms in total. The van der Waals surface area contributed by atoms with E-state index in [9.17, 15) is 14.0 Å². The van der Waals surface area contributed by atoms with Crippen molar-refractivity contribution in [3.8, 4) is 6.07 Å². The number of H-pyrrole nitrogens is 1. The first kappa shape index (κ1) is 16.4. The Morgan fingerprint density at radius 3 is 2.54 bits per heavy atom. The molecule has 1 aliphatic heterocycles. The van der Waals surface area contributed by atoms with Crippen molar-refractivity contribution in [2.45, 2.75) is 6.42 Å². The van der Waals surface area contributed by atoms with E-state index in [0.717, 1.165) is 31.3 Å². The predicted octanol–water partition coefficient (Wildman–Crippen LogP) is 3.61. The minimum atomic E-state index is -0.840. The largest absolute Gasteiger partial charge is 0.370 e. The molecule has 0 aliphatic carbocycles. The van der Waals surface area contributed by atoms with Gasteiger partial charge in [0.05, 0.1) is 5.69 Å². The zero-order chi connectivity index (χ0) is 17.1. The fourth-order valence-corrected chi connectivity index (χ4v) is 3.16. The molecule has 0 saturated carbocycles. The van der Waals surface area contributed by atoms with Crippen molar-refractivity contribution in [3.63, 3.8) is 0 Å². The zero-order valence-electron chi connectivity index (χ0n) is 12.9. The molecule has 0 spiro atoms. The standard InChI is InChI=1S/C17H16F2N4S/c18-14-3-2-12(10-15(14)19)22-6-1-7-23(9-8-22)16-4-5-21-17(24)13(16)11-20/h2-5,10H,1,6-9H2,(H,21,24). The monoisotopic (exact) mass is 346 g/mol. The molecule has 1 saturated heterocycles. The molecule has 1 aromatic carbocycles. The Bertz CT molecular complexity index is 843. The summed E-state index contributed by atoms with van der Waals surface area (Å²) < 4.78 is 27.0. The number of hydrogen-bond acceptors (Lipinski definition) is 4. The Balaban J connectivity index is 1.81. The molecular weight excluding hydrogens is 330 g/mol. The predicted molar refractivity (Wildman–Crippen MR) is 91.7 cm³/mol. The van der Waals surface area contributed by atoms with E-state index < -0.39 is 11.6 Å². The molecule has 0 bridgehead atoms. The zero-order valence-corrected chi connectivity index (χ0v) is 13.7. The van der Waals surface area contributed by atoms with E-state index in [0.29, 0.717) is 29.0 Å². The quantitative estimate of drug-likeness (QED) is 0.844. The van der Waals surface area contributed by atoms with Crippen molar-refractivity contribution in [1.82, 2.24) is 4.98 Å². The van der Waals surface area contributed by atoms with Crippen LogP contribution in [0.4, 0.5) is 20.2 Å². The van der Waals surface area contributed by atoms with E-state index in [2.05, 4.69) is 16.0 Å². The van der Waals surface area contributed by atoms with Crippen molar-refractivity contribution in [3.05, 3.63) is 52.3 Å². The number of rotatable bonds is 2. The molecule has 124 valence electrons. The first-order chi connectivity index (χ1) is 11.6. The van der Waals surface area contributed by atoms with Gasteiger partial charge in [-0.3, -0.25) is 0 Å². The van der Waals surface area contributed by atoms with E-state index in [-0.39, 0.29) is 0 Å². The summed E-state index contributed by atoms with van der Waals surface area (Å²) in [5.41, 5.74) is 1.95. The van der Waals surface area contributed by atoms with Crippen molar-refractivity contribution in [2.24, 2.45) is 0 Å². The second-order valence-corrected chi connectivity index (χ2v) is 6.01. The molecular formula is C17H16F2N4S. The second kappa shape index (κ2) is 6.97. The normalized spacial score (nSPS) is 15.0. The number of benzene rings is 1. The Morgan fingerprint density at radius 1 is 1.04 bits per heavy atom. The van der Waals surface area contributed by atoms with Crippen LogP contribution in [0.2, 0.25) is 0 Å². The van der Waals surface area contributed by atoms with Crippen molar-refractivity contribution >= 4 is 23.6 Å². The van der Waals surface area contributed by atoms with Gasteiger partial charge in [0, 0.05) is 44.1 Å². The lowest BCUT2D eigenvalue weighted by molar-refractivity contribution is 0.508. The first-order valence-corrected chi connectivity index (χ1v) is 8.07. The number of pyridine rings is 1. The minimum Gasteiger partial charge on any atom is -0.370 e. The summed E-state index contributed by atoms with van der Waals surface area (Å²) in [5.74, 6) is -1.68. The molecule has 2 heterocycles. The first-order valence-electron chi connectivity index (χ1n) is 7.67. The third-order valence-electron chi connectivity index (χ3n) is 4.16. The van der Waals surface area contributed by atoms with Crippen LogP contribution in [-0.4, -0.2) is 31.2 Å². The Labute approximate surface area is 143 Å². The van der Waals surface area contributed by atoms with Crippen LogP contribution >= 0.6 is 12.2 Å². The topological polar surface area (TPSA) is 46.1 Å². The lowest BCUT2D eigenvalue weighted by Crippen LogP contribution is -2.31. The third-order valence-corrected chi connectivity index (χ3v) is 4.48. The molecule has 0 amide bonds. The molecule has 0 unspecified atom stereocenters. The van der Waals surface area contributed by atoms with Gasteiger partial charge in [-0.05, 0) is 24.6 Å². The molecule has 24 heavy (non-hydrogen) atoms. The molecule has 1 aliphatic rings. The molecule has 0 atom stereocenters. The van der Waals surface area contributed by atoms with Crippen LogP contribution in [-0.2, 0) is 0 Å². The maximum absolute atomic E-state index is 13.5. The molecule has 7 heteroatoms. The minimum absolute atomic E-state index is 0.428. The number of nitrogens with zero attached hydrogens (tertiary/aromatic N) is 3. The van der Waals surface area contributed by atoms with Gasteiger partial charge in [-0.1, -0.05) is 12.2 Å². The highest BCUT2D eigenvalue weighted by atomic mass is 32.1. The van der Waals surface area contributed by atoms with E-state index >= 15 is 0 Å². The molecule has 1 N–H and O–H groups in total. The summed E-state index contributed by atoms with van der Waals surface area (Å²) in [6.45, 7) is 2.84. The smallest absolute Gasteiger partial charge is 0.160 e. The van der Waals surface area contributed by atoms with E-state index in [1.54, 1.807) is 12.3 Å². The highest BCUT2D eigenvalue weighted by Crippen LogP contribution is 2.24. The van der Waals surface area contributed by atoms with Gasteiger partial charge in [-0.15, -0.1) is 0 Å². The van der Waals surface area contributed by atoms with Crippen LogP contribution in [0.1, 0.15) is 12.0 Å². The number of aromatic amines is 1. The summed E-state index contributed by atoms with van der Waals surface area (Å²) in [5, 5.41) is 9.34. The number of nitriles is 1. The lowest BCUT2D eigenvalue weighted by Gasteiger charge is -2.25. The van der Waals surface area contributed by atoms with Crippen LogP contribution < -0.4 is 9.80 Å². The molecule has 1 fully saturated rings. The van der Waals surface area contributed by atoms with Gasteiger partial charge in [-0.25, -0.2) is 8.78 Å². The van der Waals surface area contributed by atoms with Crippen LogP contribution in [0.3, 0.4) is 0 Å². The number of hydrogen-bond donors (Lipinski definition) is 1. The summed E-state index contributed by atoms with van der Waals surface area (Å²) in [6, 6.07) is 7.97. The van der Waals surface area contributed by atoms with Crippen molar-refractivity contribution in [2.75, 3.05) is 36.0 Å². The molecule has 3 rings (SSSR count). The molecule has 0 radical (unpaired) electrons. The van der Waals surface area contributed by atoms with Crippen molar-refractivity contribution in [1.29, 1.82) is 5.26 Å². The van der Waals surface area contributed by atoms with Crippen LogP contribution in [0.5, 0.6) is 0 Å². The van der Waals surface area contributed by atoms with Gasteiger partial charge in [0.15, 0.2) is 11.6 Å². The Hall–Kier alpha value is -2.46. The maximum Gasteiger partial charge on any atom is 0.160 e. The van der Waals surface area contributed by atoms with Crippen LogP contribution in [0, 0.1) is 27.6 Å². The number of anilines is 2. The van der Waals surface area contributed by atoms with Gasteiger partial charge < -0.3 is 14.8 Å².